The Balaban J connectivity index is 2.15. The van der Waals surface area contributed by atoms with E-state index >= 15 is 0 Å². The molecule has 2 rings (SSSR count). The summed E-state index contributed by atoms with van der Waals surface area (Å²) < 4.78 is 32.2. The highest BCUT2D eigenvalue weighted by Crippen LogP contribution is 2.16. The van der Waals surface area contributed by atoms with Gasteiger partial charge in [-0.05, 0) is 50.2 Å². The summed E-state index contributed by atoms with van der Waals surface area (Å²) in [5.41, 5.74) is 0.933. The van der Waals surface area contributed by atoms with Crippen molar-refractivity contribution in [2.45, 2.75) is 24.8 Å². The van der Waals surface area contributed by atoms with E-state index < -0.39 is 22.0 Å². The van der Waals surface area contributed by atoms with Gasteiger partial charge in [-0.25, -0.2) is 17.9 Å². The minimum absolute atomic E-state index is 0.0772. The SMILES string of the molecule is CCOC(=O)c1ccc(S(=O)(=O)N[C@H](C)c2ccccn2)cc1. The minimum atomic E-state index is -3.70. The van der Waals surface area contributed by atoms with Gasteiger partial charge in [0.15, 0.2) is 0 Å². The van der Waals surface area contributed by atoms with Crippen LogP contribution >= 0.6 is 0 Å². The highest BCUT2D eigenvalue weighted by molar-refractivity contribution is 7.89. The largest absolute Gasteiger partial charge is 0.462 e. The standard InChI is InChI=1S/C16H18N2O4S/c1-3-22-16(19)13-7-9-14(10-8-13)23(20,21)18-12(2)15-6-4-5-11-17-15/h4-12,18H,3H2,1-2H3/t12-/m1/s1. The van der Waals surface area contributed by atoms with Crippen LogP contribution in [0.15, 0.2) is 53.6 Å². The summed E-state index contributed by atoms with van der Waals surface area (Å²) in [5.74, 6) is -0.480. The third kappa shape index (κ3) is 4.37. The molecule has 1 aromatic carbocycles. The van der Waals surface area contributed by atoms with Gasteiger partial charge in [0.2, 0.25) is 10.0 Å². The molecular formula is C16H18N2O4S. The maximum absolute atomic E-state index is 12.4. The van der Waals surface area contributed by atoms with Crippen LogP contribution in [-0.2, 0) is 14.8 Å². The summed E-state index contributed by atoms with van der Waals surface area (Å²) in [5, 5.41) is 0. The summed E-state index contributed by atoms with van der Waals surface area (Å²) in [6, 6.07) is 10.4. The lowest BCUT2D eigenvalue weighted by Crippen LogP contribution is -2.27. The Kier molecular flexibility index (Phi) is 5.46. The van der Waals surface area contributed by atoms with E-state index in [1.165, 1.54) is 24.3 Å². The van der Waals surface area contributed by atoms with Gasteiger partial charge in [-0.15, -0.1) is 0 Å². The van der Waals surface area contributed by atoms with E-state index in [4.69, 9.17) is 4.74 Å². The number of aromatic nitrogens is 1. The number of sulfonamides is 1. The fraction of sp³-hybridized carbons (Fsp3) is 0.250. The quantitative estimate of drug-likeness (QED) is 0.819. The van der Waals surface area contributed by atoms with E-state index in [1.54, 1.807) is 38.2 Å². The minimum Gasteiger partial charge on any atom is -0.462 e. The summed E-state index contributed by atoms with van der Waals surface area (Å²) in [7, 11) is -3.70. The molecule has 0 amide bonds. The van der Waals surface area contributed by atoms with Crippen LogP contribution in [0.3, 0.4) is 0 Å². The molecule has 6 nitrogen and oxygen atoms in total. The van der Waals surface area contributed by atoms with Crippen LogP contribution in [0.25, 0.3) is 0 Å². The number of hydrogen-bond donors (Lipinski definition) is 1. The molecule has 0 aliphatic rings. The van der Waals surface area contributed by atoms with Crippen molar-refractivity contribution < 1.29 is 17.9 Å². The maximum atomic E-state index is 12.4. The van der Waals surface area contributed by atoms with Crippen molar-refractivity contribution in [2.24, 2.45) is 0 Å². The van der Waals surface area contributed by atoms with Gasteiger partial charge in [0.1, 0.15) is 0 Å². The third-order valence-corrected chi connectivity index (χ3v) is 4.70. The van der Waals surface area contributed by atoms with Gasteiger partial charge in [0, 0.05) is 6.20 Å². The zero-order valence-electron chi connectivity index (χ0n) is 12.9. The average Bonchev–Trinajstić information content (AvgIpc) is 2.55. The van der Waals surface area contributed by atoms with Crippen LogP contribution in [0, 0.1) is 0 Å². The van der Waals surface area contributed by atoms with E-state index in [0.717, 1.165) is 0 Å². The fourth-order valence-corrected chi connectivity index (χ4v) is 3.19. The van der Waals surface area contributed by atoms with Crippen LogP contribution in [-0.4, -0.2) is 26.0 Å². The lowest BCUT2D eigenvalue weighted by molar-refractivity contribution is 0.0526. The first-order chi connectivity index (χ1) is 10.9. The number of hydrogen-bond acceptors (Lipinski definition) is 5. The zero-order chi connectivity index (χ0) is 16.9. The van der Waals surface area contributed by atoms with Gasteiger partial charge >= 0.3 is 5.97 Å². The first kappa shape index (κ1) is 17.1. The Morgan fingerprint density at radius 2 is 1.91 bits per heavy atom. The lowest BCUT2D eigenvalue weighted by atomic mass is 10.2. The topological polar surface area (TPSA) is 85.4 Å². The van der Waals surface area contributed by atoms with E-state index in [9.17, 15) is 13.2 Å². The predicted octanol–water partition coefficient (Wildman–Crippen LogP) is 2.30. The predicted molar refractivity (Wildman–Crippen MR) is 85.4 cm³/mol. The van der Waals surface area contributed by atoms with E-state index in [0.29, 0.717) is 11.3 Å². The van der Waals surface area contributed by atoms with Gasteiger partial charge in [-0.2, -0.15) is 0 Å². The Bertz CT molecular complexity index is 758. The number of rotatable bonds is 6. The molecule has 23 heavy (non-hydrogen) atoms. The Labute approximate surface area is 135 Å². The van der Waals surface area contributed by atoms with Gasteiger partial charge in [0.05, 0.1) is 28.8 Å². The number of nitrogens with zero attached hydrogens (tertiary/aromatic N) is 1. The molecule has 0 aliphatic carbocycles. The molecule has 0 unspecified atom stereocenters. The molecular weight excluding hydrogens is 316 g/mol. The van der Waals surface area contributed by atoms with Crippen molar-refractivity contribution in [1.29, 1.82) is 0 Å². The van der Waals surface area contributed by atoms with Crippen molar-refractivity contribution in [3.05, 3.63) is 59.9 Å². The first-order valence-electron chi connectivity index (χ1n) is 7.14. The number of nitrogens with one attached hydrogen (secondary N) is 1. The second-order valence-electron chi connectivity index (χ2n) is 4.84. The van der Waals surface area contributed by atoms with Crippen LogP contribution in [0.2, 0.25) is 0 Å². The molecule has 0 bridgehead atoms. The van der Waals surface area contributed by atoms with Crippen molar-refractivity contribution >= 4 is 16.0 Å². The Morgan fingerprint density at radius 3 is 2.48 bits per heavy atom. The number of ether oxygens (including phenoxy) is 1. The summed E-state index contributed by atoms with van der Waals surface area (Å²) in [4.78, 5) is 15.8. The second-order valence-corrected chi connectivity index (χ2v) is 6.56. The molecule has 0 saturated carbocycles. The highest BCUT2D eigenvalue weighted by atomic mass is 32.2. The molecule has 7 heteroatoms. The Morgan fingerprint density at radius 1 is 1.22 bits per heavy atom. The van der Waals surface area contributed by atoms with Gasteiger partial charge in [0.25, 0.3) is 0 Å². The number of pyridine rings is 1. The lowest BCUT2D eigenvalue weighted by Gasteiger charge is -2.14. The average molecular weight is 334 g/mol. The molecule has 1 aromatic heterocycles. The molecule has 1 heterocycles. The molecule has 2 aromatic rings. The van der Waals surface area contributed by atoms with Gasteiger partial charge in [-0.1, -0.05) is 6.07 Å². The Hall–Kier alpha value is -2.25. The van der Waals surface area contributed by atoms with Crippen LogP contribution in [0.1, 0.15) is 35.9 Å². The number of benzene rings is 1. The monoisotopic (exact) mass is 334 g/mol. The van der Waals surface area contributed by atoms with Crippen molar-refractivity contribution in [1.82, 2.24) is 9.71 Å². The number of esters is 1. The fourth-order valence-electron chi connectivity index (χ4n) is 1.98. The maximum Gasteiger partial charge on any atom is 0.338 e. The second kappa shape index (κ2) is 7.34. The molecule has 122 valence electrons. The molecule has 0 saturated heterocycles. The van der Waals surface area contributed by atoms with E-state index in [2.05, 4.69) is 9.71 Å². The number of carbonyl (C=O) groups excluding carboxylic acids is 1. The number of carbonyl (C=O) groups is 1. The van der Waals surface area contributed by atoms with Crippen molar-refractivity contribution in [3.63, 3.8) is 0 Å². The normalized spacial score (nSPS) is 12.6. The van der Waals surface area contributed by atoms with Crippen LogP contribution in [0.5, 0.6) is 0 Å². The summed E-state index contributed by atoms with van der Waals surface area (Å²) in [6.07, 6.45) is 1.61. The third-order valence-electron chi connectivity index (χ3n) is 3.14. The van der Waals surface area contributed by atoms with E-state index in [1.807, 2.05) is 0 Å². The van der Waals surface area contributed by atoms with Crippen LogP contribution < -0.4 is 4.72 Å². The molecule has 0 fully saturated rings. The van der Waals surface area contributed by atoms with E-state index in [-0.39, 0.29) is 11.5 Å². The van der Waals surface area contributed by atoms with Crippen LogP contribution in [0.4, 0.5) is 0 Å². The molecule has 1 N–H and O–H groups in total. The summed E-state index contributed by atoms with van der Waals surface area (Å²) in [6.45, 7) is 3.69. The van der Waals surface area contributed by atoms with Crippen molar-refractivity contribution in [3.8, 4) is 0 Å². The summed E-state index contributed by atoms with van der Waals surface area (Å²) >= 11 is 0. The van der Waals surface area contributed by atoms with Crippen molar-refractivity contribution in [2.75, 3.05) is 6.61 Å². The zero-order valence-corrected chi connectivity index (χ0v) is 13.7. The first-order valence-corrected chi connectivity index (χ1v) is 8.63. The van der Waals surface area contributed by atoms with Gasteiger partial charge < -0.3 is 4.74 Å². The molecule has 1 atom stereocenters. The van der Waals surface area contributed by atoms with Gasteiger partial charge in [-0.3, -0.25) is 4.98 Å². The molecule has 0 spiro atoms. The molecule has 0 aliphatic heterocycles. The smallest absolute Gasteiger partial charge is 0.338 e. The highest BCUT2D eigenvalue weighted by Gasteiger charge is 2.19. The molecule has 0 radical (unpaired) electrons.